The quantitative estimate of drug-likeness (QED) is 0.815. The van der Waals surface area contributed by atoms with Crippen molar-refractivity contribution in [1.29, 1.82) is 0 Å². The van der Waals surface area contributed by atoms with Crippen molar-refractivity contribution in [3.05, 3.63) is 34.9 Å². The molecule has 23 heavy (non-hydrogen) atoms. The maximum atomic E-state index is 12.2. The van der Waals surface area contributed by atoms with Crippen LogP contribution in [0, 0.1) is 0 Å². The van der Waals surface area contributed by atoms with Crippen molar-refractivity contribution in [2.75, 3.05) is 13.7 Å². The lowest BCUT2D eigenvalue weighted by Gasteiger charge is -2.17. The second-order valence-corrected chi connectivity index (χ2v) is 4.59. The smallest absolute Gasteiger partial charge is 0.467 e. The predicted octanol–water partition coefficient (Wildman–Crippen LogP) is 1.72. The molecule has 0 aliphatic heterocycles. The average molecular weight is 354 g/mol. The van der Waals surface area contributed by atoms with Gasteiger partial charge in [-0.15, -0.1) is 0 Å². The molecule has 0 unspecified atom stereocenters. The average Bonchev–Trinajstić information content (AvgIpc) is 2.49. The first kappa shape index (κ1) is 18.8. The van der Waals surface area contributed by atoms with Crippen LogP contribution in [0.4, 0.5) is 13.2 Å². The lowest BCUT2D eigenvalue weighted by atomic mass is 10.2. The number of alkyl halides is 3. The Morgan fingerprint density at radius 3 is 2.48 bits per heavy atom. The van der Waals surface area contributed by atoms with Crippen LogP contribution in [-0.2, 0) is 19.1 Å². The van der Waals surface area contributed by atoms with Crippen LogP contribution in [0.2, 0.25) is 5.02 Å². The Hall–Kier alpha value is -2.29. The van der Waals surface area contributed by atoms with Crippen LogP contribution < -0.4 is 5.32 Å². The summed E-state index contributed by atoms with van der Waals surface area (Å²) in [6.07, 6.45) is -5.19. The Morgan fingerprint density at radius 2 is 1.96 bits per heavy atom. The molecule has 126 valence electrons. The minimum Gasteiger partial charge on any atom is -0.467 e. The van der Waals surface area contributed by atoms with Crippen molar-refractivity contribution in [1.82, 2.24) is 5.32 Å². The maximum Gasteiger partial charge on any atom is 0.471 e. The Kier molecular flexibility index (Phi) is 6.38. The molecule has 0 radical (unpaired) electrons. The third-order valence-corrected chi connectivity index (χ3v) is 2.73. The molecule has 1 atom stereocenters. The van der Waals surface area contributed by atoms with E-state index in [2.05, 4.69) is 4.74 Å². The predicted molar refractivity (Wildman–Crippen MR) is 71.7 cm³/mol. The summed E-state index contributed by atoms with van der Waals surface area (Å²) in [6.45, 7) is -0.833. The molecule has 0 aliphatic carbocycles. The minimum atomic E-state index is -5.19. The fraction of sp³-hybridized carbons (Fsp3) is 0.308. The number of nitrogens with one attached hydrogen (secondary N) is 1. The highest BCUT2D eigenvalue weighted by molar-refractivity contribution is 6.30. The van der Waals surface area contributed by atoms with Gasteiger partial charge in [0.05, 0.1) is 12.7 Å². The summed E-state index contributed by atoms with van der Waals surface area (Å²) in [6, 6.07) is 3.79. The van der Waals surface area contributed by atoms with E-state index in [1.165, 1.54) is 29.6 Å². The topological polar surface area (TPSA) is 81.7 Å². The van der Waals surface area contributed by atoms with Crippen LogP contribution in [0.15, 0.2) is 24.3 Å². The normalized spacial score (nSPS) is 12.2. The van der Waals surface area contributed by atoms with E-state index >= 15 is 0 Å². The van der Waals surface area contributed by atoms with Crippen LogP contribution in [0.25, 0.3) is 0 Å². The molecule has 0 spiro atoms. The van der Waals surface area contributed by atoms with Gasteiger partial charge in [0.1, 0.15) is 6.61 Å². The molecule has 0 aromatic heterocycles. The van der Waals surface area contributed by atoms with E-state index in [1.54, 1.807) is 0 Å². The summed E-state index contributed by atoms with van der Waals surface area (Å²) < 4.78 is 45.5. The number of hydrogen-bond donors (Lipinski definition) is 1. The third-order valence-electron chi connectivity index (χ3n) is 2.49. The van der Waals surface area contributed by atoms with Gasteiger partial charge in [0.25, 0.3) is 0 Å². The molecule has 1 N–H and O–H groups in total. The number of esters is 2. The van der Waals surface area contributed by atoms with E-state index in [0.29, 0.717) is 0 Å². The van der Waals surface area contributed by atoms with E-state index in [-0.39, 0.29) is 10.6 Å². The summed E-state index contributed by atoms with van der Waals surface area (Å²) in [5.74, 6) is -4.48. The number of methoxy groups -OCH3 is 1. The van der Waals surface area contributed by atoms with Gasteiger partial charge in [-0.1, -0.05) is 17.7 Å². The van der Waals surface area contributed by atoms with Crippen molar-refractivity contribution < 1.29 is 37.0 Å². The van der Waals surface area contributed by atoms with Crippen molar-refractivity contribution in [3.63, 3.8) is 0 Å². The van der Waals surface area contributed by atoms with E-state index in [4.69, 9.17) is 16.3 Å². The van der Waals surface area contributed by atoms with Crippen LogP contribution >= 0.6 is 11.6 Å². The van der Waals surface area contributed by atoms with Gasteiger partial charge < -0.3 is 14.8 Å². The van der Waals surface area contributed by atoms with Crippen LogP contribution in [0.5, 0.6) is 0 Å². The van der Waals surface area contributed by atoms with Gasteiger partial charge in [-0.05, 0) is 18.2 Å². The van der Waals surface area contributed by atoms with Crippen LogP contribution in [0.1, 0.15) is 10.4 Å². The molecule has 10 heteroatoms. The van der Waals surface area contributed by atoms with E-state index in [9.17, 15) is 27.6 Å². The summed E-state index contributed by atoms with van der Waals surface area (Å²) in [5, 5.41) is 1.63. The lowest BCUT2D eigenvalue weighted by molar-refractivity contribution is -0.176. The van der Waals surface area contributed by atoms with Gasteiger partial charge in [0.15, 0.2) is 6.04 Å². The second-order valence-electron chi connectivity index (χ2n) is 4.16. The lowest BCUT2D eigenvalue weighted by Crippen LogP contribution is -2.49. The van der Waals surface area contributed by atoms with Gasteiger partial charge in [0, 0.05) is 5.02 Å². The van der Waals surface area contributed by atoms with Gasteiger partial charge in [-0.3, -0.25) is 4.79 Å². The van der Waals surface area contributed by atoms with Gasteiger partial charge in [-0.2, -0.15) is 13.2 Å². The van der Waals surface area contributed by atoms with Crippen molar-refractivity contribution in [3.8, 4) is 0 Å². The number of carbonyl (C=O) groups excluding carboxylic acids is 3. The van der Waals surface area contributed by atoms with Gasteiger partial charge in [0.2, 0.25) is 0 Å². The van der Waals surface area contributed by atoms with Gasteiger partial charge in [-0.25, -0.2) is 9.59 Å². The molecule has 0 saturated carbocycles. The highest BCUT2D eigenvalue weighted by Crippen LogP contribution is 2.15. The third kappa shape index (κ3) is 5.78. The number of amides is 1. The second kappa shape index (κ2) is 7.82. The molecule has 0 saturated heterocycles. The summed E-state index contributed by atoms with van der Waals surface area (Å²) in [4.78, 5) is 33.9. The molecule has 1 rings (SSSR count). The molecule has 6 nitrogen and oxygen atoms in total. The van der Waals surface area contributed by atoms with E-state index < -0.39 is 36.7 Å². The first-order chi connectivity index (χ1) is 10.6. The molecule has 0 heterocycles. The largest absolute Gasteiger partial charge is 0.471 e. The Labute approximate surface area is 133 Å². The Morgan fingerprint density at radius 1 is 1.30 bits per heavy atom. The zero-order valence-electron chi connectivity index (χ0n) is 11.6. The fourth-order valence-corrected chi connectivity index (χ4v) is 1.60. The SMILES string of the molecule is COC(=O)[C@H](COC(=O)c1cccc(Cl)c1)NC(=O)C(F)(F)F. The number of carbonyl (C=O) groups is 3. The first-order valence-electron chi connectivity index (χ1n) is 6.03. The molecule has 1 amide bonds. The van der Waals surface area contributed by atoms with Crippen molar-refractivity contribution in [2.45, 2.75) is 12.2 Å². The maximum absolute atomic E-state index is 12.2. The van der Waals surface area contributed by atoms with Crippen LogP contribution in [0.3, 0.4) is 0 Å². The first-order valence-corrected chi connectivity index (χ1v) is 6.41. The standard InChI is InChI=1S/C13H11ClF3NO5/c1-22-11(20)9(18-12(21)13(15,16)17)6-23-10(19)7-3-2-4-8(14)5-7/h2-5,9H,6H2,1H3,(H,18,21)/t9-/m0/s1. The number of ether oxygens (including phenoxy) is 2. The zero-order valence-corrected chi connectivity index (χ0v) is 12.4. The Bertz CT molecular complexity index is 606. The molecule has 0 fully saturated rings. The minimum absolute atomic E-state index is 0.0308. The van der Waals surface area contributed by atoms with E-state index in [1.807, 2.05) is 0 Å². The van der Waals surface area contributed by atoms with Crippen molar-refractivity contribution in [2.24, 2.45) is 0 Å². The summed E-state index contributed by atoms with van der Waals surface area (Å²) in [7, 11) is 0.911. The fourth-order valence-electron chi connectivity index (χ4n) is 1.41. The Balaban J connectivity index is 2.73. The molecule has 1 aromatic rings. The summed E-state index contributed by atoms with van der Waals surface area (Å²) in [5.41, 5.74) is 0.0308. The van der Waals surface area contributed by atoms with E-state index in [0.717, 1.165) is 7.11 Å². The monoisotopic (exact) mass is 353 g/mol. The van der Waals surface area contributed by atoms with Gasteiger partial charge >= 0.3 is 24.0 Å². The highest BCUT2D eigenvalue weighted by atomic mass is 35.5. The molecular weight excluding hydrogens is 343 g/mol. The highest BCUT2D eigenvalue weighted by Gasteiger charge is 2.41. The van der Waals surface area contributed by atoms with Crippen LogP contribution in [-0.4, -0.2) is 43.8 Å². The van der Waals surface area contributed by atoms with Crippen molar-refractivity contribution >= 4 is 29.4 Å². The number of hydrogen-bond acceptors (Lipinski definition) is 5. The number of benzene rings is 1. The number of halogens is 4. The molecule has 0 aliphatic rings. The summed E-state index contributed by atoms with van der Waals surface area (Å²) >= 11 is 5.68. The molecule has 1 aromatic carbocycles. The number of rotatable bonds is 5. The zero-order chi connectivity index (χ0) is 17.6. The molecule has 0 bridgehead atoms. The molecular formula is C13H11ClF3NO5.